The summed E-state index contributed by atoms with van der Waals surface area (Å²) in [6.07, 6.45) is 8.99. The number of rotatable bonds is 13. The summed E-state index contributed by atoms with van der Waals surface area (Å²) in [5, 5.41) is 2.45. The van der Waals surface area contributed by atoms with Crippen LogP contribution >= 0.6 is 0 Å². The number of ether oxygens (including phenoxy) is 2. The fraction of sp³-hybridized carbons (Fsp3) is 0.0370. The third-order valence-corrected chi connectivity index (χ3v) is 23.3. The molecule has 0 saturated heterocycles. The monoisotopic (exact) mass is 1510 g/mol. The number of nitrogens with zero attached hydrogens (tertiary/aromatic N) is 8. The van der Waals surface area contributed by atoms with Crippen LogP contribution in [0, 0.1) is 0 Å². The Balaban J connectivity index is 0.000000143. The molecule has 15 aromatic carbocycles. The Bertz CT molecular complexity index is 7090. The SMILES string of the molecule is C1=CC2c3c(cccc3-c3ccc(-c4nc(-c5ccc(-c6ccccc6)cc5)nc(-c5cccc(-c6ccccc6)c5)n4)cc3)OC2c2c1n(-c1ccccc1)c1ccccc21.C1=CC2c3c(cccc3-c3ccc(-c4nc(-c5ccccc5)nc(-c5cccc(-c6ccccc6)c5)n4)cc3)OC2c2c1n(-c1ccccc1)c1ccccc21. The zero-order valence-electron chi connectivity index (χ0n) is 64.0. The van der Waals surface area contributed by atoms with Crippen molar-refractivity contribution in [2.75, 3.05) is 0 Å². The van der Waals surface area contributed by atoms with Gasteiger partial charge in [-0.1, -0.05) is 340 Å². The maximum Gasteiger partial charge on any atom is 0.164 e. The lowest BCUT2D eigenvalue weighted by molar-refractivity contribution is 0.224. The third-order valence-electron chi connectivity index (χ3n) is 23.3. The molecule has 4 atom stereocenters. The van der Waals surface area contributed by atoms with E-state index < -0.39 is 0 Å². The maximum atomic E-state index is 6.94. The zero-order valence-corrected chi connectivity index (χ0v) is 64.0. The van der Waals surface area contributed by atoms with E-state index in [2.05, 4.69) is 373 Å². The normalized spacial score (nSPS) is 15.0. The number of para-hydroxylation sites is 4. The van der Waals surface area contributed by atoms with Gasteiger partial charge in [-0.25, -0.2) is 29.9 Å². The van der Waals surface area contributed by atoms with Crippen LogP contribution in [0.2, 0.25) is 0 Å². The zero-order chi connectivity index (χ0) is 78.0. The smallest absolute Gasteiger partial charge is 0.164 e. The lowest BCUT2D eigenvalue weighted by atomic mass is 9.82. The molecule has 118 heavy (non-hydrogen) atoms. The van der Waals surface area contributed by atoms with E-state index in [0.29, 0.717) is 34.9 Å². The second kappa shape index (κ2) is 29.5. The number of hydrogen-bond donors (Lipinski definition) is 0. The Labute approximate surface area is 683 Å². The van der Waals surface area contributed by atoms with Gasteiger partial charge in [0, 0.05) is 89.6 Å². The van der Waals surface area contributed by atoms with Crippen molar-refractivity contribution in [3.63, 3.8) is 0 Å². The molecule has 2 aliphatic heterocycles. The predicted molar refractivity (Wildman–Crippen MR) is 476 cm³/mol. The topological polar surface area (TPSA) is 106 Å². The van der Waals surface area contributed by atoms with Crippen LogP contribution in [-0.2, 0) is 0 Å². The molecule has 0 bridgehead atoms. The molecule has 0 N–H and O–H groups in total. The van der Waals surface area contributed by atoms with Gasteiger partial charge in [0.15, 0.2) is 34.9 Å². The molecule has 0 fully saturated rings. The van der Waals surface area contributed by atoms with Crippen LogP contribution < -0.4 is 9.47 Å². The highest BCUT2D eigenvalue weighted by molar-refractivity contribution is 5.95. The van der Waals surface area contributed by atoms with Crippen molar-refractivity contribution in [3.8, 4) is 147 Å². The summed E-state index contributed by atoms with van der Waals surface area (Å²) >= 11 is 0. The highest BCUT2D eigenvalue weighted by Gasteiger charge is 2.43. The molecule has 4 unspecified atom stereocenters. The molecule has 4 aliphatic rings. The van der Waals surface area contributed by atoms with E-state index in [1.165, 1.54) is 66.6 Å². The third kappa shape index (κ3) is 12.5. The van der Waals surface area contributed by atoms with Crippen LogP contribution in [0.5, 0.6) is 11.5 Å². The lowest BCUT2D eigenvalue weighted by Crippen LogP contribution is -2.13. The minimum absolute atomic E-state index is 0.0667. The summed E-state index contributed by atoms with van der Waals surface area (Å²) < 4.78 is 18.6. The van der Waals surface area contributed by atoms with Crippen LogP contribution in [0.4, 0.5) is 0 Å². The first-order valence-corrected chi connectivity index (χ1v) is 40.1. The molecule has 556 valence electrons. The predicted octanol–water partition coefficient (Wildman–Crippen LogP) is 26.5. The summed E-state index contributed by atoms with van der Waals surface area (Å²) in [6.45, 7) is 0. The molecule has 19 aromatic rings. The molecule has 0 spiro atoms. The van der Waals surface area contributed by atoms with Gasteiger partial charge in [0.05, 0.1) is 22.4 Å². The van der Waals surface area contributed by atoms with Crippen LogP contribution in [0.15, 0.2) is 400 Å². The summed E-state index contributed by atoms with van der Waals surface area (Å²) in [4.78, 5) is 30.4. The number of benzene rings is 15. The van der Waals surface area contributed by atoms with Gasteiger partial charge in [-0.2, -0.15) is 0 Å². The van der Waals surface area contributed by atoms with Gasteiger partial charge in [-0.15, -0.1) is 0 Å². The quantitative estimate of drug-likeness (QED) is 0.112. The molecule has 4 aromatic heterocycles. The van der Waals surface area contributed by atoms with E-state index in [9.17, 15) is 0 Å². The van der Waals surface area contributed by atoms with Crippen molar-refractivity contribution < 1.29 is 9.47 Å². The molecule has 6 heterocycles. The van der Waals surface area contributed by atoms with E-state index in [1.54, 1.807) is 0 Å². The second-order valence-corrected chi connectivity index (χ2v) is 30.2. The Hall–Kier alpha value is -15.5. The number of aromatic nitrogens is 8. The summed E-state index contributed by atoms with van der Waals surface area (Å²) in [7, 11) is 0. The van der Waals surface area contributed by atoms with Crippen LogP contribution in [0.3, 0.4) is 0 Å². The Morgan fingerprint density at radius 2 is 0.483 bits per heavy atom. The van der Waals surface area contributed by atoms with Crippen molar-refractivity contribution in [1.82, 2.24) is 39.0 Å². The number of hydrogen-bond acceptors (Lipinski definition) is 8. The fourth-order valence-electron chi connectivity index (χ4n) is 17.8. The van der Waals surface area contributed by atoms with E-state index >= 15 is 0 Å². The summed E-state index contributed by atoms with van der Waals surface area (Å²) in [5.41, 5.74) is 28.9. The van der Waals surface area contributed by atoms with Gasteiger partial charge in [-0.3, -0.25) is 0 Å². The largest absolute Gasteiger partial charge is 0.484 e. The van der Waals surface area contributed by atoms with E-state index in [-0.39, 0.29) is 24.0 Å². The van der Waals surface area contributed by atoms with E-state index in [1.807, 2.05) is 48.5 Å². The van der Waals surface area contributed by atoms with Crippen LogP contribution in [-0.4, -0.2) is 39.0 Å². The van der Waals surface area contributed by atoms with Gasteiger partial charge >= 0.3 is 0 Å². The first kappa shape index (κ1) is 69.2. The van der Waals surface area contributed by atoms with Crippen molar-refractivity contribution >= 4 is 34.0 Å². The number of fused-ring (bicyclic) bond motifs is 14. The lowest BCUT2D eigenvalue weighted by Gasteiger charge is -2.23. The Morgan fingerprint density at radius 1 is 0.212 bits per heavy atom. The summed E-state index contributed by atoms with van der Waals surface area (Å²) in [5.74, 6) is 5.78. The maximum absolute atomic E-state index is 6.94. The van der Waals surface area contributed by atoms with Crippen LogP contribution in [0.25, 0.3) is 169 Å². The average molecular weight is 1510 g/mol. The van der Waals surface area contributed by atoms with Gasteiger partial charge in [0.2, 0.25) is 0 Å². The van der Waals surface area contributed by atoms with Gasteiger partial charge in [0.25, 0.3) is 0 Å². The molecule has 0 radical (unpaired) electrons. The van der Waals surface area contributed by atoms with Crippen molar-refractivity contribution in [1.29, 1.82) is 0 Å². The van der Waals surface area contributed by atoms with E-state index in [4.69, 9.17) is 39.4 Å². The van der Waals surface area contributed by atoms with Gasteiger partial charge in [0.1, 0.15) is 23.7 Å². The highest BCUT2D eigenvalue weighted by Crippen LogP contribution is 2.58. The molecule has 10 nitrogen and oxygen atoms in total. The first-order chi connectivity index (χ1) is 58.5. The Morgan fingerprint density at radius 3 is 0.864 bits per heavy atom. The van der Waals surface area contributed by atoms with Crippen LogP contribution in [0.1, 0.15) is 57.7 Å². The molecule has 23 rings (SSSR count). The standard InChI is InChI=1S/C57H38N4O.C51H34N4O/c1-4-14-37(15-5-1)39-26-30-41(31-27-39)55-58-56(60-57(59-55)44-19-12-18-43(36-44)38-16-6-2-7-17-38)42-32-28-40(29-33-42)46-23-13-25-51-52(46)48-34-35-50-53(54(48)62-51)47-22-10-11-24-49(47)61(50)45-20-8-3-9-21-45;1-4-14-33(15-5-1)37-18-12-19-38(32-37)51-53-49(35-16-6-2-7-17-35)52-50(54-51)36-28-26-34(27-29-36)40-23-13-25-45-46(40)42-30-31-44-47(48(42)56-45)41-22-10-11-24-43(41)55(44)39-20-8-3-9-21-39/h1-36,48,54H;1-32,42,48H. The fourth-order valence-corrected chi connectivity index (χ4v) is 17.8. The van der Waals surface area contributed by atoms with Crippen molar-refractivity contribution in [3.05, 3.63) is 434 Å². The summed E-state index contributed by atoms with van der Waals surface area (Å²) in [6, 6.07) is 135. The molecule has 10 heteroatoms. The minimum Gasteiger partial charge on any atom is -0.484 e. The average Bonchev–Trinajstić information content (AvgIpc) is 1.56. The highest BCUT2D eigenvalue weighted by atomic mass is 16.5. The second-order valence-electron chi connectivity index (χ2n) is 30.2. The van der Waals surface area contributed by atoms with E-state index in [0.717, 1.165) is 101 Å². The first-order valence-electron chi connectivity index (χ1n) is 40.1. The molecule has 0 saturated carbocycles. The molecular formula is C108H72N8O2. The van der Waals surface area contributed by atoms with Gasteiger partial charge < -0.3 is 18.6 Å². The van der Waals surface area contributed by atoms with Crippen molar-refractivity contribution in [2.24, 2.45) is 0 Å². The van der Waals surface area contributed by atoms with Gasteiger partial charge in [-0.05, 0) is 128 Å². The minimum atomic E-state index is -0.135. The molecule has 2 aliphatic carbocycles. The molecular weight excluding hydrogens is 1440 g/mol. The molecule has 0 amide bonds. The van der Waals surface area contributed by atoms with Crippen molar-refractivity contribution in [2.45, 2.75) is 24.0 Å². The Kier molecular flexibility index (Phi) is 17.3.